The number of fused-ring (bicyclic) bond motifs is 1. The smallest absolute Gasteiger partial charge is 0.0597 e. The van der Waals surface area contributed by atoms with Gasteiger partial charge in [-0.2, -0.15) is 0 Å². The summed E-state index contributed by atoms with van der Waals surface area (Å²) in [6, 6.07) is 15.6. The van der Waals surface area contributed by atoms with Crippen molar-refractivity contribution in [3.63, 3.8) is 0 Å². The van der Waals surface area contributed by atoms with E-state index in [9.17, 15) is 0 Å². The second-order valence-electron chi connectivity index (χ2n) is 5.49. The van der Waals surface area contributed by atoms with Crippen LogP contribution in [0.3, 0.4) is 0 Å². The molecule has 2 aromatic rings. The fourth-order valence-electron chi connectivity index (χ4n) is 2.91. The van der Waals surface area contributed by atoms with E-state index >= 15 is 0 Å². The topological polar surface area (TPSA) is 15.3 Å². The number of benzene rings is 2. The Bertz CT molecular complexity index is 622. The van der Waals surface area contributed by atoms with Crippen molar-refractivity contribution >= 4 is 27.3 Å². The van der Waals surface area contributed by atoms with Crippen molar-refractivity contribution < 1.29 is 0 Å². The Morgan fingerprint density at radius 1 is 1.15 bits per heavy atom. The molecule has 0 saturated carbocycles. The molecule has 0 heterocycles. The lowest BCUT2D eigenvalue weighted by molar-refractivity contribution is 0.761. The second-order valence-corrected chi connectivity index (χ2v) is 6.41. The summed E-state index contributed by atoms with van der Waals surface area (Å²) in [4.78, 5) is 2.15. The molecule has 0 aliphatic heterocycles. The van der Waals surface area contributed by atoms with Gasteiger partial charge in [-0.3, -0.25) is 0 Å². The third kappa shape index (κ3) is 2.55. The van der Waals surface area contributed by atoms with Gasteiger partial charge < -0.3 is 10.2 Å². The van der Waals surface area contributed by atoms with E-state index in [-0.39, 0.29) is 0 Å². The van der Waals surface area contributed by atoms with Gasteiger partial charge in [-0.25, -0.2) is 0 Å². The molecule has 0 spiro atoms. The molecule has 1 unspecified atom stereocenters. The van der Waals surface area contributed by atoms with E-state index in [1.807, 2.05) is 0 Å². The first-order chi connectivity index (χ1) is 9.65. The Labute approximate surface area is 128 Å². The van der Waals surface area contributed by atoms with Crippen LogP contribution in [0.2, 0.25) is 0 Å². The van der Waals surface area contributed by atoms with Crippen molar-refractivity contribution in [2.75, 3.05) is 24.3 Å². The number of anilines is 2. The van der Waals surface area contributed by atoms with Crippen molar-refractivity contribution in [1.29, 1.82) is 0 Å². The number of nitrogens with zero attached hydrogens (tertiary/aromatic N) is 1. The lowest BCUT2D eigenvalue weighted by Crippen LogP contribution is -2.14. The van der Waals surface area contributed by atoms with E-state index < -0.39 is 0 Å². The first kappa shape index (κ1) is 13.5. The third-order valence-corrected chi connectivity index (χ3v) is 4.40. The van der Waals surface area contributed by atoms with E-state index in [4.69, 9.17) is 0 Å². The van der Waals surface area contributed by atoms with Gasteiger partial charge in [0, 0.05) is 18.6 Å². The molecule has 0 saturated heterocycles. The summed E-state index contributed by atoms with van der Waals surface area (Å²) in [7, 11) is 4.16. The fourth-order valence-corrected chi connectivity index (χ4v) is 3.27. The normalized spacial score (nSPS) is 16.9. The van der Waals surface area contributed by atoms with Crippen LogP contribution in [-0.4, -0.2) is 14.1 Å². The van der Waals surface area contributed by atoms with Crippen molar-refractivity contribution in [3.8, 4) is 0 Å². The molecule has 0 bridgehead atoms. The van der Waals surface area contributed by atoms with Gasteiger partial charge in [-0.15, -0.1) is 0 Å². The maximum atomic E-state index is 3.72. The van der Waals surface area contributed by atoms with Crippen molar-refractivity contribution in [2.24, 2.45) is 0 Å². The van der Waals surface area contributed by atoms with Gasteiger partial charge in [0.25, 0.3) is 0 Å². The molecule has 1 aliphatic carbocycles. The van der Waals surface area contributed by atoms with Crippen LogP contribution in [-0.2, 0) is 6.42 Å². The fraction of sp³-hybridized carbons (Fsp3) is 0.294. The van der Waals surface area contributed by atoms with Gasteiger partial charge in [0.2, 0.25) is 0 Å². The van der Waals surface area contributed by atoms with Gasteiger partial charge in [0.05, 0.1) is 17.4 Å². The van der Waals surface area contributed by atoms with Gasteiger partial charge >= 0.3 is 0 Å². The summed E-state index contributed by atoms with van der Waals surface area (Å²) < 4.78 is 1.11. The van der Waals surface area contributed by atoms with Crippen LogP contribution in [0.5, 0.6) is 0 Å². The predicted molar refractivity (Wildman–Crippen MR) is 89.6 cm³/mol. The zero-order valence-corrected chi connectivity index (χ0v) is 13.4. The Morgan fingerprint density at radius 3 is 2.75 bits per heavy atom. The van der Waals surface area contributed by atoms with E-state index in [1.165, 1.54) is 35.3 Å². The zero-order valence-electron chi connectivity index (χ0n) is 11.9. The summed E-state index contributed by atoms with van der Waals surface area (Å²) in [6.45, 7) is 0. The van der Waals surface area contributed by atoms with E-state index in [0.717, 1.165) is 4.47 Å². The molecule has 2 nitrogen and oxygen atoms in total. The minimum Gasteiger partial charge on any atom is -0.377 e. The van der Waals surface area contributed by atoms with Crippen LogP contribution in [0.1, 0.15) is 23.6 Å². The van der Waals surface area contributed by atoms with Crippen LogP contribution in [0.4, 0.5) is 11.4 Å². The van der Waals surface area contributed by atoms with E-state index in [2.05, 4.69) is 82.7 Å². The van der Waals surface area contributed by atoms with Crippen molar-refractivity contribution in [1.82, 2.24) is 0 Å². The first-order valence-corrected chi connectivity index (χ1v) is 7.75. The average Bonchev–Trinajstić information content (AvgIpc) is 2.82. The number of hydrogen-bond donors (Lipinski definition) is 1. The van der Waals surface area contributed by atoms with Gasteiger partial charge in [-0.1, -0.05) is 40.2 Å². The maximum absolute atomic E-state index is 3.72. The molecule has 20 heavy (non-hydrogen) atoms. The van der Waals surface area contributed by atoms with Crippen LogP contribution in [0.25, 0.3) is 0 Å². The average molecular weight is 331 g/mol. The summed E-state index contributed by atoms with van der Waals surface area (Å²) in [5.41, 5.74) is 5.33. The monoisotopic (exact) mass is 330 g/mol. The molecule has 0 amide bonds. The second kappa shape index (κ2) is 5.49. The van der Waals surface area contributed by atoms with Gasteiger partial charge in [-0.05, 0) is 42.2 Å². The molecule has 1 N–H and O–H groups in total. The highest BCUT2D eigenvalue weighted by atomic mass is 79.9. The van der Waals surface area contributed by atoms with Gasteiger partial charge in [0.15, 0.2) is 0 Å². The minimum atomic E-state index is 0.416. The lowest BCUT2D eigenvalue weighted by Gasteiger charge is -2.22. The molecule has 0 fully saturated rings. The Kier molecular flexibility index (Phi) is 3.70. The molecule has 3 heteroatoms. The van der Waals surface area contributed by atoms with E-state index in [1.54, 1.807) is 0 Å². The first-order valence-electron chi connectivity index (χ1n) is 6.96. The van der Waals surface area contributed by atoms with Crippen molar-refractivity contribution in [3.05, 3.63) is 58.1 Å². The van der Waals surface area contributed by atoms with Crippen LogP contribution < -0.4 is 10.2 Å². The molecule has 0 radical (unpaired) electrons. The summed E-state index contributed by atoms with van der Waals surface area (Å²) >= 11 is 3.57. The molecule has 1 atom stereocenters. The number of nitrogens with one attached hydrogen (secondary N) is 1. The molecule has 0 aromatic heterocycles. The standard InChI is InChI=1S/C17H19BrN2/c1-20(2)17-10-8-13(18)11-16(17)19-15-9-7-12-5-3-4-6-14(12)15/h3-6,8,10-11,15,19H,7,9H2,1-2H3. The minimum absolute atomic E-state index is 0.416. The Balaban J connectivity index is 1.91. The highest BCUT2D eigenvalue weighted by Crippen LogP contribution is 2.37. The predicted octanol–water partition coefficient (Wildman–Crippen LogP) is 4.61. The zero-order chi connectivity index (χ0) is 14.1. The number of rotatable bonds is 3. The van der Waals surface area contributed by atoms with E-state index in [0.29, 0.717) is 6.04 Å². The Hall–Kier alpha value is -1.48. The molecule has 104 valence electrons. The molecule has 1 aliphatic rings. The maximum Gasteiger partial charge on any atom is 0.0597 e. The van der Waals surface area contributed by atoms with Crippen LogP contribution >= 0.6 is 15.9 Å². The molecule has 3 rings (SSSR count). The van der Waals surface area contributed by atoms with Crippen molar-refractivity contribution in [2.45, 2.75) is 18.9 Å². The number of hydrogen-bond acceptors (Lipinski definition) is 2. The van der Waals surface area contributed by atoms with Crippen LogP contribution in [0.15, 0.2) is 46.9 Å². The SMILES string of the molecule is CN(C)c1ccc(Br)cc1NC1CCc2ccccc21. The highest BCUT2D eigenvalue weighted by molar-refractivity contribution is 9.10. The molecule has 2 aromatic carbocycles. The Morgan fingerprint density at radius 2 is 1.95 bits per heavy atom. The number of halogens is 1. The third-order valence-electron chi connectivity index (χ3n) is 3.90. The quantitative estimate of drug-likeness (QED) is 0.883. The molecular weight excluding hydrogens is 312 g/mol. The summed E-state index contributed by atoms with van der Waals surface area (Å²) in [5.74, 6) is 0. The van der Waals surface area contributed by atoms with Gasteiger partial charge in [0.1, 0.15) is 0 Å². The summed E-state index contributed by atoms with van der Waals surface area (Å²) in [5, 5.41) is 3.72. The molecular formula is C17H19BrN2. The number of aryl methyl sites for hydroxylation is 1. The largest absolute Gasteiger partial charge is 0.377 e. The highest BCUT2D eigenvalue weighted by Gasteiger charge is 2.22. The van der Waals surface area contributed by atoms with Crippen LogP contribution in [0, 0.1) is 0 Å². The lowest BCUT2D eigenvalue weighted by atomic mass is 10.1. The summed E-state index contributed by atoms with van der Waals surface area (Å²) in [6.07, 6.45) is 2.33.